The van der Waals surface area contributed by atoms with E-state index in [1.54, 1.807) is 0 Å². The topological polar surface area (TPSA) is 59.1 Å². The molecule has 4 nitrogen and oxygen atoms in total. The van der Waals surface area contributed by atoms with Gasteiger partial charge in [0.25, 0.3) is 10.0 Å². The number of hydrogen-bond acceptors (Lipinski definition) is 3. The molecule has 0 unspecified atom stereocenters. The molecule has 20 heavy (non-hydrogen) atoms. The van der Waals surface area contributed by atoms with Gasteiger partial charge in [-0.15, -0.1) is 0 Å². The lowest BCUT2D eigenvalue weighted by molar-refractivity contribution is 0.595. The Balaban J connectivity index is 2.47. The minimum absolute atomic E-state index is 0.0561. The quantitative estimate of drug-likeness (QED) is 0.847. The van der Waals surface area contributed by atoms with E-state index in [0.29, 0.717) is 0 Å². The molecule has 0 radical (unpaired) electrons. The Hall–Kier alpha value is -1.08. The van der Waals surface area contributed by atoms with Crippen LogP contribution < -0.4 is 4.72 Å². The first kappa shape index (κ1) is 15.3. The summed E-state index contributed by atoms with van der Waals surface area (Å²) in [5.41, 5.74) is 0.0561. The van der Waals surface area contributed by atoms with Gasteiger partial charge >= 0.3 is 0 Å². The minimum atomic E-state index is -4.11. The van der Waals surface area contributed by atoms with Crippen molar-refractivity contribution in [3.8, 4) is 0 Å². The predicted octanol–water partition coefficient (Wildman–Crippen LogP) is 3.98. The molecule has 0 fully saturated rings. The Labute approximate surface area is 129 Å². The van der Waals surface area contributed by atoms with E-state index in [2.05, 4.69) is 9.71 Å². The fourth-order valence-corrected chi connectivity index (χ4v) is 3.39. The summed E-state index contributed by atoms with van der Waals surface area (Å²) in [6, 6.07) is 3.60. The molecule has 9 heteroatoms. The summed E-state index contributed by atoms with van der Waals surface area (Å²) in [5.74, 6) is -1.01. The maximum Gasteiger partial charge on any atom is 0.263 e. The van der Waals surface area contributed by atoms with Crippen LogP contribution in [0.3, 0.4) is 0 Å². The first-order valence-electron chi connectivity index (χ1n) is 5.09. The van der Waals surface area contributed by atoms with Crippen molar-refractivity contribution in [2.24, 2.45) is 0 Å². The lowest BCUT2D eigenvalue weighted by Crippen LogP contribution is -2.14. The van der Waals surface area contributed by atoms with Crippen LogP contribution in [0.1, 0.15) is 0 Å². The van der Waals surface area contributed by atoms with Crippen molar-refractivity contribution in [3.63, 3.8) is 0 Å². The van der Waals surface area contributed by atoms with E-state index < -0.39 is 25.8 Å². The van der Waals surface area contributed by atoms with E-state index in [0.717, 1.165) is 12.1 Å². The average molecular weight is 356 g/mol. The SMILES string of the molecule is O=S(=O)(Nc1cnccc1Cl)c1ccc(Cl)c(F)c1Cl. The normalized spacial score (nSPS) is 11.4. The summed E-state index contributed by atoms with van der Waals surface area (Å²) >= 11 is 17.0. The number of nitrogens with one attached hydrogen (secondary N) is 1. The molecule has 0 atom stereocenters. The van der Waals surface area contributed by atoms with E-state index >= 15 is 0 Å². The van der Waals surface area contributed by atoms with Gasteiger partial charge in [0.05, 0.1) is 27.0 Å². The molecule has 0 spiro atoms. The highest BCUT2D eigenvalue weighted by Crippen LogP contribution is 2.31. The van der Waals surface area contributed by atoms with Gasteiger partial charge in [-0.05, 0) is 18.2 Å². The van der Waals surface area contributed by atoms with Crippen molar-refractivity contribution in [1.29, 1.82) is 0 Å². The summed E-state index contributed by atoms with van der Waals surface area (Å²) in [6.45, 7) is 0. The second-order valence-electron chi connectivity index (χ2n) is 3.63. The van der Waals surface area contributed by atoms with Gasteiger partial charge in [-0.2, -0.15) is 0 Å². The molecule has 0 bridgehead atoms. The molecule has 1 heterocycles. The van der Waals surface area contributed by atoms with Crippen LogP contribution in [-0.4, -0.2) is 13.4 Å². The van der Waals surface area contributed by atoms with Crippen molar-refractivity contribution >= 4 is 50.5 Å². The van der Waals surface area contributed by atoms with Crippen molar-refractivity contribution in [3.05, 3.63) is 51.5 Å². The molecule has 1 aromatic carbocycles. The van der Waals surface area contributed by atoms with Crippen LogP contribution in [0, 0.1) is 5.82 Å². The van der Waals surface area contributed by atoms with Gasteiger partial charge < -0.3 is 0 Å². The van der Waals surface area contributed by atoms with Crippen molar-refractivity contribution in [1.82, 2.24) is 4.98 Å². The van der Waals surface area contributed by atoms with E-state index in [1.165, 1.54) is 18.5 Å². The zero-order valence-corrected chi connectivity index (χ0v) is 12.7. The molecule has 1 aromatic heterocycles. The van der Waals surface area contributed by atoms with Crippen LogP contribution in [0.4, 0.5) is 10.1 Å². The molecule has 2 aromatic rings. The molecule has 0 saturated carbocycles. The number of hydrogen-bond donors (Lipinski definition) is 1. The Morgan fingerprint density at radius 2 is 1.80 bits per heavy atom. The van der Waals surface area contributed by atoms with Crippen LogP contribution >= 0.6 is 34.8 Å². The highest BCUT2D eigenvalue weighted by Gasteiger charge is 2.22. The zero-order chi connectivity index (χ0) is 14.9. The fraction of sp³-hybridized carbons (Fsp3) is 0. The molecular weight excluding hydrogens is 350 g/mol. The van der Waals surface area contributed by atoms with Crippen LogP contribution in [0.25, 0.3) is 0 Å². The van der Waals surface area contributed by atoms with E-state index in [4.69, 9.17) is 34.8 Å². The van der Waals surface area contributed by atoms with Crippen molar-refractivity contribution in [2.45, 2.75) is 4.90 Å². The van der Waals surface area contributed by atoms with E-state index in [1.807, 2.05) is 0 Å². The number of rotatable bonds is 3. The number of halogens is 4. The van der Waals surface area contributed by atoms with Gasteiger partial charge in [-0.1, -0.05) is 34.8 Å². The van der Waals surface area contributed by atoms with E-state index in [9.17, 15) is 12.8 Å². The molecule has 0 aliphatic heterocycles. The maximum absolute atomic E-state index is 13.5. The predicted molar refractivity (Wildman–Crippen MR) is 76.5 cm³/mol. The largest absolute Gasteiger partial charge is 0.276 e. The highest BCUT2D eigenvalue weighted by molar-refractivity contribution is 7.92. The first-order valence-corrected chi connectivity index (χ1v) is 7.70. The van der Waals surface area contributed by atoms with E-state index in [-0.39, 0.29) is 15.7 Å². The second kappa shape index (κ2) is 5.73. The third-order valence-electron chi connectivity index (χ3n) is 2.30. The van der Waals surface area contributed by atoms with Gasteiger partial charge in [0.15, 0.2) is 5.82 Å². The molecule has 0 amide bonds. The minimum Gasteiger partial charge on any atom is -0.276 e. The van der Waals surface area contributed by atoms with Gasteiger partial charge in [-0.3, -0.25) is 9.71 Å². The summed E-state index contributed by atoms with van der Waals surface area (Å²) in [5, 5.41) is -0.715. The molecular formula is C11H6Cl3FN2O2S. The third kappa shape index (κ3) is 2.98. The Kier molecular flexibility index (Phi) is 4.39. The van der Waals surface area contributed by atoms with Crippen LogP contribution in [-0.2, 0) is 10.0 Å². The van der Waals surface area contributed by atoms with Crippen LogP contribution in [0.15, 0.2) is 35.5 Å². The van der Waals surface area contributed by atoms with Crippen LogP contribution in [0.2, 0.25) is 15.1 Å². The lowest BCUT2D eigenvalue weighted by Gasteiger charge is -2.11. The van der Waals surface area contributed by atoms with Gasteiger partial charge in [0.1, 0.15) is 4.90 Å². The monoisotopic (exact) mass is 354 g/mol. The fourth-order valence-electron chi connectivity index (χ4n) is 1.37. The Morgan fingerprint density at radius 1 is 1.10 bits per heavy atom. The van der Waals surface area contributed by atoms with Gasteiger partial charge in [0, 0.05) is 6.20 Å². The summed E-state index contributed by atoms with van der Waals surface area (Å²) in [7, 11) is -4.11. The number of pyridine rings is 1. The standard InChI is InChI=1S/C11H6Cl3FN2O2S/c12-6-3-4-16-5-8(6)17-20(18,19)9-2-1-7(13)11(15)10(9)14/h1-5,17H. The number of sulfonamides is 1. The second-order valence-corrected chi connectivity index (χ2v) is 6.48. The zero-order valence-electron chi connectivity index (χ0n) is 9.57. The molecule has 0 aliphatic carbocycles. The molecule has 0 saturated heterocycles. The number of aromatic nitrogens is 1. The highest BCUT2D eigenvalue weighted by atomic mass is 35.5. The van der Waals surface area contributed by atoms with Crippen molar-refractivity contribution in [2.75, 3.05) is 4.72 Å². The molecule has 106 valence electrons. The summed E-state index contributed by atoms with van der Waals surface area (Å²) in [4.78, 5) is 3.29. The maximum atomic E-state index is 13.5. The number of benzene rings is 1. The van der Waals surface area contributed by atoms with Gasteiger partial charge in [0.2, 0.25) is 0 Å². The first-order chi connectivity index (χ1) is 9.33. The molecule has 1 N–H and O–H groups in total. The molecule has 2 rings (SSSR count). The third-order valence-corrected chi connectivity index (χ3v) is 4.81. The van der Waals surface area contributed by atoms with Crippen molar-refractivity contribution < 1.29 is 12.8 Å². The Morgan fingerprint density at radius 3 is 2.45 bits per heavy atom. The molecule has 0 aliphatic rings. The van der Waals surface area contributed by atoms with Gasteiger partial charge in [-0.25, -0.2) is 12.8 Å². The Bertz CT molecular complexity index is 768. The smallest absolute Gasteiger partial charge is 0.263 e. The number of nitrogens with zero attached hydrogens (tertiary/aromatic N) is 1. The summed E-state index contributed by atoms with van der Waals surface area (Å²) in [6.07, 6.45) is 2.62. The number of anilines is 1. The lowest BCUT2D eigenvalue weighted by atomic mass is 10.3. The summed E-state index contributed by atoms with van der Waals surface area (Å²) < 4.78 is 40.0. The van der Waals surface area contributed by atoms with Crippen LogP contribution in [0.5, 0.6) is 0 Å². The average Bonchev–Trinajstić information content (AvgIpc) is 2.38.